The van der Waals surface area contributed by atoms with Gasteiger partial charge >= 0.3 is 0 Å². The fraction of sp³-hybridized carbons (Fsp3) is 0.150. The molecule has 0 bridgehead atoms. The van der Waals surface area contributed by atoms with Crippen LogP contribution >= 0.6 is 11.6 Å². The van der Waals surface area contributed by atoms with Crippen molar-refractivity contribution in [1.82, 2.24) is 19.3 Å². The highest BCUT2D eigenvalue weighted by molar-refractivity contribution is 6.34. The zero-order valence-electron chi connectivity index (χ0n) is 15.3. The summed E-state index contributed by atoms with van der Waals surface area (Å²) in [5.41, 5.74) is 3.01. The monoisotopic (exact) mass is 397 g/mol. The third-order valence-corrected chi connectivity index (χ3v) is 4.85. The number of imidazole rings is 1. The Morgan fingerprint density at radius 3 is 2.61 bits per heavy atom. The number of carbonyl (C=O) groups is 1. The maximum absolute atomic E-state index is 13.2. The molecule has 0 aliphatic rings. The van der Waals surface area contributed by atoms with Crippen molar-refractivity contribution in [1.29, 1.82) is 0 Å². The van der Waals surface area contributed by atoms with Crippen LogP contribution in [0.2, 0.25) is 5.15 Å². The van der Waals surface area contributed by atoms with E-state index in [-0.39, 0.29) is 16.5 Å². The normalized spacial score (nSPS) is 11.1. The van der Waals surface area contributed by atoms with E-state index in [1.165, 1.54) is 16.8 Å². The molecule has 2 aromatic carbocycles. The lowest BCUT2D eigenvalue weighted by Gasteiger charge is -2.08. The van der Waals surface area contributed by atoms with Crippen molar-refractivity contribution < 1.29 is 9.18 Å². The minimum absolute atomic E-state index is 0.153. The number of aromatic nitrogens is 4. The Balaban J connectivity index is 1.70. The van der Waals surface area contributed by atoms with E-state index in [2.05, 4.69) is 15.4 Å². The number of fused-ring (bicyclic) bond motifs is 1. The van der Waals surface area contributed by atoms with E-state index in [4.69, 9.17) is 11.6 Å². The van der Waals surface area contributed by atoms with Crippen LogP contribution in [0, 0.1) is 12.7 Å². The van der Waals surface area contributed by atoms with E-state index in [0.29, 0.717) is 23.9 Å². The molecule has 6 nitrogen and oxygen atoms in total. The Kier molecular flexibility index (Phi) is 4.60. The molecule has 1 N–H and O–H groups in total. The van der Waals surface area contributed by atoms with E-state index in [1.807, 2.05) is 35.8 Å². The van der Waals surface area contributed by atoms with Gasteiger partial charge in [0.05, 0.1) is 22.4 Å². The highest BCUT2D eigenvalue weighted by Crippen LogP contribution is 2.26. The molecule has 2 aromatic heterocycles. The van der Waals surface area contributed by atoms with Gasteiger partial charge in [-0.1, -0.05) is 23.7 Å². The van der Waals surface area contributed by atoms with E-state index >= 15 is 0 Å². The van der Waals surface area contributed by atoms with Gasteiger partial charge < -0.3 is 4.57 Å². The van der Waals surface area contributed by atoms with Crippen molar-refractivity contribution in [3.63, 3.8) is 0 Å². The summed E-state index contributed by atoms with van der Waals surface area (Å²) in [7, 11) is 0. The summed E-state index contributed by atoms with van der Waals surface area (Å²) >= 11 is 6.44. The van der Waals surface area contributed by atoms with E-state index in [0.717, 1.165) is 11.0 Å². The highest BCUT2D eigenvalue weighted by Gasteiger charge is 2.23. The number of carbonyl (C=O) groups excluding carboxylic acids is 1. The standard InChI is InChI=1S/C20H17ClFN5O/c1-3-26-16-7-5-4-6-15(16)23-20(26)24-19(28)17-12(2)25-27(18(17)21)14-10-8-13(22)9-11-14/h4-11H,3H2,1-2H3,(H,23,24,28). The summed E-state index contributed by atoms with van der Waals surface area (Å²) < 4.78 is 16.5. The summed E-state index contributed by atoms with van der Waals surface area (Å²) in [5.74, 6) is -0.320. The van der Waals surface area contributed by atoms with Crippen molar-refractivity contribution in [3.05, 3.63) is 70.8 Å². The molecule has 4 rings (SSSR count). The second kappa shape index (κ2) is 7.09. The van der Waals surface area contributed by atoms with Gasteiger partial charge in [-0.05, 0) is 50.2 Å². The zero-order valence-corrected chi connectivity index (χ0v) is 16.0. The summed E-state index contributed by atoms with van der Waals surface area (Å²) in [6.45, 7) is 4.33. The van der Waals surface area contributed by atoms with Crippen molar-refractivity contribution in [3.8, 4) is 5.69 Å². The number of hydrogen-bond acceptors (Lipinski definition) is 3. The van der Waals surface area contributed by atoms with Gasteiger partial charge in [-0.25, -0.2) is 14.1 Å². The first-order chi connectivity index (χ1) is 13.5. The van der Waals surface area contributed by atoms with Gasteiger partial charge in [0.2, 0.25) is 5.95 Å². The molecule has 2 heterocycles. The Labute approximate surface area is 165 Å². The minimum Gasteiger partial charge on any atom is -0.310 e. The van der Waals surface area contributed by atoms with Crippen LogP contribution in [0.15, 0.2) is 48.5 Å². The molecular weight excluding hydrogens is 381 g/mol. The minimum atomic E-state index is -0.402. The van der Waals surface area contributed by atoms with Crippen LogP contribution in [0.1, 0.15) is 23.0 Å². The lowest BCUT2D eigenvalue weighted by atomic mass is 10.2. The van der Waals surface area contributed by atoms with Gasteiger partial charge in [-0.15, -0.1) is 0 Å². The molecule has 0 saturated heterocycles. The van der Waals surface area contributed by atoms with E-state index in [1.54, 1.807) is 19.1 Å². The molecule has 0 aliphatic heterocycles. The number of para-hydroxylation sites is 2. The second-order valence-corrected chi connectivity index (χ2v) is 6.62. The number of nitrogens with one attached hydrogen (secondary N) is 1. The Bertz CT molecular complexity index is 1180. The van der Waals surface area contributed by atoms with Crippen LogP contribution in [0.25, 0.3) is 16.7 Å². The molecule has 142 valence electrons. The molecule has 28 heavy (non-hydrogen) atoms. The molecule has 4 aromatic rings. The van der Waals surface area contributed by atoms with Gasteiger partial charge in [0.15, 0.2) is 0 Å². The fourth-order valence-corrected chi connectivity index (χ4v) is 3.52. The van der Waals surface area contributed by atoms with Crippen molar-refractivity contribution >= 4 is 34.5 Å². The molecule has 1 amide bonds. The van der Waals surface area contributed by atoms with Crippen molar-refractivity contribution in [2.45, 2.75) is 20.4 Å². The number of aryl methyl sites for hydroxylation is 2. The lowest BCUT2D eigenvalue weighted by molar-refractivity contribution is 0.102. The van der Waals surface area contributed by atoms with Crippen LogP contribution in [-0.2, 0) is 6.54 Å². The van der Waals surface area contributed by atoms with Crippen LogP contribution in [-0.4, -0.2) is 25.2 Å². The van der Waals surface area contributed by atoms with Crippen LogP contribution in [0.5, 0.6) is 0 Å². The SMILES string of the molecule is CCn1c(NC(=O)c2c(C)nn(-c3ccc(F)cc3)c2Cl)nc2ccccc21. The number of halogens is 2. The number of nitrogens with zero attached hydrogens (tertiary/aromatic N) is 4. The molecule has 0 fully saturated rings. The first-order valence-electron chi connectivity index (χ1n) is 8.77. The summed E-state index contributed by atoms with van der Waals surface area (Å²) in [6.07, 6.45) is 0. The van der Waals surface area contributed by atoms with E-state index in [9.17, 15) is 9.18 Å². The van der Waals surface area contributed by atoms with Gasteiger partial charge in [-0.2, -0.15) is 5.10 Å². The van der Waals surface area contributed by atoms with Gasteiger partial charge in [0.1, 0.15) is 16.5 Å². The molecular formula is C20H17ClFN5O. The average Bonchev–Trinajstić information content (AvgIpc) is 3.18. The number of hydrogen-bond donors (Lipinski definition) is 1. The molecule has 0 unspecified atom stereocenters. The third-order valence-electron chi connectivity index (χ3n) is 4.50. The summed E-state index contributed by atoms with van der Waals surface area (Å²) in [5, 5.41) is 7.32. The third kappa shape index (κ3) is 3.03. The molecule has 0 aliphatic carbocycles. The molecule has 0 radical (unpaired) electrons. The molecule has 8 heteroatoms. The highest BCUT2D eigenvalue weighted by atomic mass is 35.5. The predicted octanol–water partition coefficient (Wildman–Crippen LogP) is 4.60. The zero-order chi connectivity index (χ0) is 19.8. The van der Waals surface area contributed by atoms with Gasteiger partial charge in [-0.3, -0.25) is 10.1 Å². The van der Waals surface area contributed by atoms with Crippen LogP contribution in [0.4, 0.5) is 10.3 Å². The first kappa shape index (κ1) is 18.2. The lowest BCUT2D eigenvalue weighted by Crippen LogP contribution is -2.16. The molecule has 0 saturated carbocycles. The summed E-state index contributed by atoms with van der Waals surface area (Å²) in [4.78, 5) is 17.4. The second-order valence-electron chi connectivity index (χ2n) is 6.26. The van der Waals surface area contributed by atoms with Crippen LogP contribution in [0.3, 0.4) is 0 Å². The fourth-order valence-electron chi connectivity index (χ4n) is 3.17. The Morgan fingerprint density at radius 2 is 1.89 bits per heavy atom. The maximum atomic E-state index is 13.2. The van der Waals surface area contributed by atoms with Crippen molar-refractivity contribution in [2.24, 2.45) is 0 Å². The number of anilines is 1. The Hall–Kier alpha value is -3.19. The number of amides is 1. The van der Waals surface area contributed by atoms with E-state index < -0.39 is 5.91 Å². The van der Waals surface area contributed by atoms with Crippen LogP contribution < -0.4 is 5.32 Å². The quantitative estimate of drug-likeness (QED) is 0.547. The topological polar surface area (TPSA) is 64.7 Å². The largest absolute Gasteiger partial charge is 0.310 e. The van der Waals surface area contributed by atoms with Crippen molar-refractivity contribution in [2.75, 3.05) is 5.32 Å². The number of benzene rings is 2. The van der Waals surface area contributed by atoms with Gasteiger partial charge in [0, 0.05) is 6.54 Å². The number of rotatable bonds is 4. The summed E-state index contributed by atoms with van der Waals surface area (Å²) in [6, 6.07) is 13.4. The molecule has 0 atom stereocenters. The molecule has 0 spiro atoms. The van der Waals surface area contributed by atoms with Gasteiger partial charge in [0.25, 0.3) is 5.91 Å². The predicted molar refractivity (Wildman–Crippen MR) is 107 cm³/mol. The Morgan fingerprint density at radius 1 is 1.18 bits per heavy atom. The smallest absolute Gasteiger partial charge is 0.263 e. The maximum Gasteiger partial charge on any atom is 0.263 e. The average molecular weight is 398 g/mol. The first-order valence-corrected chi connectivity index (χ1v) is 9.15.